The first-order valence-corrected chi connectivity index (χ1v) is 9.43. The Bertz CT molecular complexity index is 739. The van der Waals surface area contributed by atoms with Gasteiger partial charge in [0.2, 0.25) is 0 Å². The highest BCUT2D eigenvalue weighted by molar-refractivity contribution is 7.98. The lowest BCUT2D eigenvalue weighted by Gasteiger charge is -2.37. The number of carbonyl (C=O) groups excluding carboxylic acids is 1. The number of nitrogens with zero attached hydrogens (tertiary/aromatic N) is 3. The van der Waals surface area contributed by atoms with Crippen LogP contribution in [0.2, 0.25) is 0 Å². The molecule has 1 aromatic carbocycles. The first-order chi connectivity index (χ1) is 11.6. The van der Waals surface area contributed by atoms with Crippen molar-refractivity contribution in [2.75, 3.05) is 37.3 Å². The fourth-order valence-electron chi connectivity index (χ4n) is 3.12. The SMILES string of the molecule is CSc1ncccc1C(=O)N1CCN(c2cccc(C)c2C)CC1. The zero-order valence-electron chi connectivity index (χ0n) is 14.5. The molecule has 0 saturated carbocycles. The summed E-state index contributed by atoms with van der Waals surface area (Å²) in [6.07, 6.45) is 3.69. The maximum Gasteiger partial charge on any atom is 0.256 e. The maximum atomic E-state index is 12.8. The first kappa shape index (κ1) is 16.8. The van der Waals surface area contributed by atoms with Crippen LogP contribution in [0.15, 0.2) is 41.6 Å². The number of benzene rings is 1. The molecule has 1 aromatic heterocycles. The van der Waals surface area contributed by atoms with Gasteiger partial charge in [0.25, 0.3) is 5.91 Å². The van der Waals surface area contributed by atoms with Crippen LogP contribution in [-0.2, 0) is 0 Å². The highest BCUT2D eigenvalue weighted by atomic mass is 32.2. The Morgan fingerprint density at radius 2 is 1.83 bits per heavy atom. The highest BCUT2D eigenvalue weighted by Gasteiger charge is 2.24. The Morgan fingerprint density at radius 1 is 1.08 bits per heavy atom. The van der Waals surface area contributed by atoms with Gasteiger partial charge in [0.1, 0.15) is 5.03 Å². The molecule has 4 nitrogen and oxygen atoms in total. The van der Waals surface area contributed by atoms with Gasteiger partial charge in [-0.15, -0.1) is 11.8 Å². The minimum atomic E-state index is 0.0908. The van der Waals surface area contributed by atoms with Crippen molar-refractivity contribution in [3.05, 3.63) is 53.2 Å². The van der Waals surface area contributed by atoms with Crippen molar-refractivity contribution in [3.63, 3.8) is 0 Å². The summed E-state index contributed by atoms with van der Waals surface area (Å²) in [4.78, 5) is 21.4. The van der Waals surface area contributed by atoms with Gasteiger partial charge in [-0.25, -0.2) is 4.98 Å². The Labute approximate surface area is 147 Å². The topological polar surface area (TPSA) is 36.4 Å². The van der Waals surface area contributed by atoms with E-state index in [1.54, 1.807) is 6.20 Å². The van der Waals surface area contributed by atoms with Crippen LogP contribution in [0.1, 0.15) is 21.5 Å². The summed E-state index contributed by atoms with van der Waals surface area (Å²) in [7, 11) is 0. The molecule has 5 heteroatoms. The first-order valence-electron chi connectivity index (χ1n) is 8.21. The van der Waals surface area contributed by atoms with E-state index in [9.17, 15) is 4.79 Å². The molecule has 2 heterocycles. The van der Waals surface area contributed by atoms with Crippen molar-refractivity contribution < 1.29 is 4.79 Å². The number of piperazine rings is 1. The number of hydrogen-bond donors (Lipinski definition) is 0. The number of anilines is 1. The molecule has 0 spiro atoms. The molecule has 0 unspecified atom stereocenters. The lowest BCUT2D eigenvalue weighted by atomic mass is 10.1. The predicted octanol–water partition coefficient (Wildman–Crippen LogP) is 3.38. The van der Waals surface area contributed by atoms with E-state index in [4.69, 9.17) is 0 Å². The van der Waals surface area contributed by atoms with Crippen molar-refractivity contribution in [2.24, 2.45) is 0 Å². The lowest BCUT2D eigenvalue weighted by Crippen LogP contribution is -2.49. The molecular weight excluding hydrogens is 318 g/mol. The molecule has 0 aliphatic carbocycles. The molecule has 0 radical (unpaired) electrons. The van der Waals surface area contributed by atoms with Crippen LogP contribution in [0.25, 0.3) is 0 Å². The zero-order chi connectivity index (χ0) is 17.1. The minimum absolute atomic E-state index is 0.0908. The maximum absolute atomic E-state index is 12.8. The molecular formula is C19H23N3OS. The number of aromatic nitrogens is 1. The third kappa shape index (κ3) is 3.26. The second-order valence-corrected chi connectivity index (χ2v) is 6.85. The quantitative estimate of drug-likeness (QED) is 0.802. The summed E-state index contributed by atoms with van der Waals surface area (Å²) in [5, 5.41) is 0.805. The summed E-state index contributed by atoms with van der Waals surface area (Å²) in [5.41, 5.74) is 4.64. The number of carbonyl (C=O) groups is 1. The fraction of sp³-hybridized carbons (Fsp3) is 0.368. The van der Waals surface area contributed by atoms with Crippen LogP contribution in [0, 0.1) is 13.8 Å². The molecule has 3 rings (SSSR count). The van der Waals surface area contributed by atoms with Crippen LogP contribution < -0.4 is 4.90 Å². The van der Waals surface area contributed by atoms with Crippen LogP contribution in [0.4, 0.5) is 5.69 Å². The van der Waals surface area contributed by atoms with Crippen LogP contribution in [0.3, 0.4) is 0 Å². The average molecular weight is 341 g/mol. The molecule has 2 aromatic rings. The normalized spacial score (nSPS) is 14.8. The Morgan fingerprint density at radius 3 is 2.54 bits per heavy atom. The molecule has 1 aliphatic rings. The van der Waals surface area contributed by atoms with Gasteiger partial charge in [-0.2, -0.15) is 0 Å². The summed E-state index contributed by atoms with van der Waals surface area (Å²) in [6, 6.07) is 10.1. The molecule has 1 amide bonds. The van der Waals surface area contributed by atoms with Crippen molar-refractivity contribution in [1.82, 2.24) is 9.88 Å². The lowest BCUT2D eigenvalue weighted by molar-refractivity contribution is 0.0742. The highest BCUT2D eigenvalue weighted by Crippen LogP contribution is 2.25. The molecule has 1 aliphatic heterocycles. The van der Waals surface area contributed by atoms with Gasteiger partial charge in [0, 0.05) is 38.1 Å². The van der Waals surface area contributed by atoms with Gasteiger partial charge in [-0.1, -0.05) is 12.1 Å². The van der Waals surface area contributed by atoms with Crippen LogP contribution in [0.5, 0.6) is 0 Å². The standard InChI is InChI=1S/C19H23N3OS/c1-14-6-4-8-17(15(14)2)21-10-12-22(13-11-21)19(23)16-7-5-9-20-18(16)24-3/h4-9H,10-13H2,1-3H3. The van der Waals surface area contributed by atoms with Gasteiger partial charge in [0.15, 0.2) is 0 Å². The Balaban J connectivity index is 1.71. The number of thioether (sulfide) groups is 1. The molecule has 0 bridgehead atoms. The molecule has 0 atom stereocenters. The minimum Gasteiger partial charge on any atom is -0.368 e. The van der Waals surface area contributed by atoms with Crippen molar-refractivity contribution >= 4 is 23.4 Å². The molecule has 24 heavy (non-hydrogen) atoms. The molecule has 1 saturated heterocycles. The van der Waals surface area contributed by atoms with Gasteiger partial charge >= 0.3 is 0 Å². The van der Waals surface area contributed by atoms with E-state index in [1.165, 1.54) is 28.6 Å². The number of aryl methyl sites for hydroxylation is 1. The largest absolute Gasteiger partial charge is 0.368 e. The van der Waals surface area contributed by atoms with Gasteiger partial charge < -0.3 is 9.80 Å². The summed E-state index contributed by atoms with van der Waals surface area (Å²) >= 11 is 1.52. The second-order valence-electron chi connectivity index (χ2n) is 6.06. The van der Waals surface area contributed by atoms with Gasteiger partial charge in [0.05, 0.1) is 5.56 Å². The number of hydrogen-bond acceptors (Lipinski definition) is 4. The van der Waals surface area contributed by atoms with E-state index in [0.717, 1.165) is 31.2 Å². The fourth-order valence-corrected chi connectivity index (χ4v) is 3.66. The third-order valence-corrected chi connectivity index (χ3v) is 5.39. The van der Waals surface area contributed by atoms with Crippen LogP contribution in [-0.4, -0.2) is 48.2 Å². The van der Waals surface area contributed by atoms with E-state index in [2.05, 4.69) is 41.9 Å². The molecule has 126 valence electrons. The molecule has 1 fully saturated rings. The van der Waals surface area contributed by atoms with Crippen molar-refractivity contribution in [2.45, 2.75) is 18.9 Å². The summed E-state index contributed by atoms with van der Waals surface area (Å²) < 4.78 is 0. The Hall–Kier alpha value is -2.01. The number of rotatable bonds is 3. The van der Waals surface area contributed by atoms with E-state index in [0.29, 0.717) is 5.56 Å². The second kappa shape index (κ2) is 7.26. The number of pyridine rings is 1. The van der Waals surface area contributed by atoms with Crippen molar-refractivity contribution in [1.29, 1.82) is 0 Å². The monoisotopic (exact) mass is 341 g/mol. The smallest absolute Gasteiger partial charge is 0.256 e. The van der Waals surface area contributed by atoms with E-state index in [-0.39, 0.29) is 5.91 Å². The van der Waals surface area contributed by atoms with E-state index in [1.807, 2.05) is 23.3 Å². The van der Waals surface area contributed by atoms with E-state index < -0.39 is 0 Å². The van der Waals surface area contributed by atoms with Crippen molar-refractivity contribution in [3.8, 4) is 0 Å². The van der Waals surface area contributed by atoms with E-state index >= 15 is 0 Å². The third-order valence-electron chi connectivity index (χ3n) is 4.68. The number of amides is 1. The van der Waals surface area contributed by atoms with Crippen LogP contribution >= 0.6 is 11.8 Å². The Kier molecular flexibility index (Phi) is 5.09. The predicted molar refractivity (Wildman–Crippen MR) is 100 cm³/mol. The summed E-state index contributed by atoms with van der Waals surface area (Å²) in [6.45, 7) is 7.53. The van der Waals surface area contributed by atoms with Gasteiger partial charge in [-0.05, 0) is 49.4 Å². The zero-order valence-corrected chi connectivity index (χ0v) is 15.3. The van der Waals surface area contributed by atoms with Gasteiger partial charge in [-0.3, -0.25) is 4.79 Å². The molecule has 0 N–H and O–H groups in total. The summed E-state index contributed by atoms with van der Waals surface area (Å²) in [5.74, 6) is 0.0908. The average Bonchev–Trinajstić information content (AvgIpc) is 2.63.